The van der Waals surface area contributed by atoms with Gasteiger partial charge in [0.2, 0.25) is 0 Å². The summed E-state index contributed by atoms with van der Waals surface area (Å²) in [5.41, 5.74) is 1.71. The highest BCUT2D eigenvalue weighted by Crippen LogP contribution is 2.26. The van der Waals surface area contributed by atoms with Gasteiger partial charge in [-0.1, -0.05) is 28.8 Å². The van der Waals surface area contributed by atoms with Crippen LogP contribution in [0.2, 0.25) is 0 Å². The molecular weight excluding hydrogens is 338 g/mol. The molecule has 0 saturated heterocycles. The Labute approximate surface area is 149 Å². The summed E-state index contributed by atoms with van der Waals surface area (Å²) in [4.78, 5) is 13.1. The largest absolute Gasteiger partial charge is 0.490 e. The van der Waals surface area contributed by atoms with Crippen molar-refractivity contribution in [1.29, 1.82) is 0 Å². The van der Waals surface area contributed by atoms with Gasteiger partial charge < -0.3 is 14.8 Å². The van der Waals surface area contributed by atoms with Crippen LogP contribution in [0.4, 0.5) is 5.69 Å². The van der Waals surface area contributed by atoms with Crippen LogP contribution in [-0.2, 0) is 4.79 Å². The number of aromatic nitrogens is 2. The van der Waals surface area contributed by atoms with Crippen LogP contribution in [0.5, 0.6) is 11.5 Å². The van der Waals surface area contributed by atoms with Crippen LogP contribution >= 0.6 is 11.5 Å². The Bertz CT molecular complexity index is 820. The molecule has 0 fully saturated rings. The van der Waals surface area contributed by atoms with Gasteiger partial charge in [0.15, 0.2) is 18.1 Å². The van der Waals surface area contributed by atoms with Crippen LogP contribution in [0.15, 0.2) is 54.7 Å². The number of amides is 1. The van der Waals surface area contributed by atoms with E-state index in [1.807, 2.05) is 49.4 Å². The molecule has 3 rings (SSSR count). The molecular formula is C18H17N3O3S. The summed E-state index contributed by atoms with van der Waals surface area (Å²) in [6.45, 7) is 2.34. The molecule has 3 aromatic rings. The molecule has 0 radical (unpaired) electrons. The van der Waals surface area contributed by atoms with Crippen LogP contribution in [0.3, 0.4) is 0 Å². The van der Waals surface area contributed by atoms with E-state index in [1.165, 1.54) is 11.5 Å². The van der Waals surface area contributed by atoms with E-state index in [2.05, 4.69) is 14.9 Å². The van der Waals surface area contributed by atoms with Crippen molar-refractivity contribution in [3.05, 3.63) is 54.7 Å². The lowest BCUT2D eigenvalue weighted by atomic mass is 10.2. The quantitative estimate of drug-likeness (QED) is 0.701. The molecule has 1 N–H and O–H groups in total. The van der Waals surface area contributed by atoms with Crippen molar-refractivity contribution in [2.24, 2.45) is 0 Å². The summed E-state index contributed by atoms with van der Waals surface area (Å²) >= 11 is 1.33. The Balaban J connectivity index is 1.56. The van der Waals surface area contributed by atoms with Crippen molar-refractivity contribution in [3.63, 3.8) is 0 Å². The van der Waals surface area contributed by atoms with Gasteiger partial charge >= 0.3 is 0 Å². The van der Waals surface area contributed by atoms with Crippen LogP contribution < -0.4 is 14.8 Å². The van der Waals surface area contributed by atoms with E-state index in [4.69, 9.17) is 9.47 Å². The van der Waals surface area contributed by atoms with Crippen LogP contribution in [0.1, 0.15) is 6.92 Å². The maximum atomic E-state index is 12.1. The lowest BCUT2D eigenvalue weighted by Gasteiger charge is -2.11. The highest BCUT2D eigenvalue weighted by Gasteiger charge is 2.08. The van der Waals surface area contributed by atoms with Gasteiger partial charge in [0.1, 0.15) is 0 Å². The highest BCUT2D eigenvalue weighted by atomic mass is 32.1. The number of hydrogen-bond donors (Lipinski definition) is 1. The van der Waals surface area contributed by atoms with Gasteiger partial charge in [0.25, 0.3) is 5.91 Å². The lowest BCUT2D eigenvalue weighted by molar-refractivity contribution is -0.118. The van der Waals surface area contributed by atoms with Gasteiger partial charge in [-0.05, 0) is 48.3 Å². The fraction of sp³-hybridized carbons (Fsp3) is 0.167. The first kappa shape index (κ1) is 16.9. The fourth-order valence-corrected chi connectivity index (χ4v) is 2.71. The predicted octanol–water partition coefficient (Wildman–Crippen LogP) is 3.62. The second kappa shape index (κ2) is 8.25. The standard InChI is InChI=1S/C18H17N3O3S/c1-2-23-15-5-3-4-6-16(15)24-12-18(22)20-14-9-7-13(8-10-14)17-11-19-21-25-17/h3-11H,2,12H2,1H3,(H,20,22). The number of nitrogens with zero attached hydrogens (tertiary/aromatic N) is 2. The third-order valence-corrected chi connectivity index (χ3v) is 4.04. The lowest BCUT2D eigenvalue weighted by Crippen LogP contribution is -2.20. The van der Waals surface area contributed by atoms with Gasteiger partial charge in [-0.2, -0.15) is 0 Å². The minimum absolute atomic E-state index is 0.0927. The molecule has 25 heavy (non-hydrogen) atoms. The maximum absolute atomic E-state index is 12.1. The topological polar surface area (TPSA) is 73.3 Å². The van der Waals surface area contributed by atoms with Crippen LogP contribution in [0, 0.1) is 0 Å². The minimum Gasteiger partial charge on any atom is -0.490 e. The molecule has 0 bridgehead atoms. The molecule has 0 spiro atoms. The Hall–Kier alpha value is -2.93. The van der Waals surface area contributed by atoms with Crippen molar-refractivity contribution >= 4 is 23.1 Å². The molecule has 6 nitrogen and oxygen atoms in total. The molecule has 128 valence electrons. The van der Waals surface area contributed by atoms with E-state index < -0.39 is 0 Å². The minimum atomic E-state index is -0.237. The predicted molar refractivity (Wildman–Crippen MR) is 97.1 cm³/mol. The molecule has 1 amide bonds. The van der Waals surface area contributed by atoms with Crippen LogP contribution in [-0.4, -0.2) is 28.7 Å². The zero-order chi connectivity index (χ0) is 17.5. The Morgan fingerprint density at radius 1 is 1.08 bits per heavy atom. The molecule has 0 atom stereocenters. The number of nitrogens with one attached hydrogen (secondary N) is 1. The van der Waals surface area contributed by atoms with Crippen molar-refractivity contribution in [1.82, 2.24) is 9.59 Å². The summed E-state index contributed by atoms with van der Waals surface area (Å²) < 4.78 is 14.9. The first-order chi connectivity index (χ1) is 12.3. The third-order valence-electron chi connectivity index (χ3n) is 3.32. The number of hydrogen-bond acceptors (Lipinski definition) is 6. The van der Waals surface area contributed by atoms with E-state index in [1.54, 1.807) is 12.3 Å². The molecule has 0 saturated carbocycles. The van der Waals surface area contributed by atoms with E-state index in [-0.39, 0.29) is 12.5 Å². The molecule has 7 heteroatoms. The fourth-order valence-electron chi connectivity index (χ4n) is 2.20. The molecule has 1 aromatic heterocycles. The smallest absolute Gasteiger partial charge is 0.262 e. The van der Waals surface area contributed by atoms with E-state index in [9.17, 15) is 4.79 Å². The van der Waals surface area contributed by atoms with E-state index in [0.29, 0.717) is 23.8 Å². The zero-order valence-electron chi connectivity index (χ0n) is 13.6. The molecule has 0 aliphatic carbocycles. The maximum Gasteiger partial charge on any atom is 0.262 e. The van der Waals surface area contributed by atoms with Crippen molar-refractivity contribution in [3.8, 4) is 21.9 Å². The monoisotopic (exact) mass is 355 g/mol. The molecule has 2 aromatic carbocycles. The SMILES string of the molecule is CCOc1ccccc1OCC(=O)Nc1ccc(-c2cnns2)cc1. The Morgan fingerprint density at radius 3 is 2.44 bits per heavy atom. The van der Waals surface area contributed by atoms with Crippen LogP contribution in [0.25, 0.3) is 10.4 Å². The molecule has 1 heterocycles. The average Bonchev–Trinajstić information content (AvgIpc) is 3.17. The summed E-state index contributed by atoms with van der Waals surface area (Å²) in [6.07, 6.45) is 1.71. The number of carbonyl (C=O) groups excluding carboxylic acids is 1. The second-order valence-electron chi connectivity index (χ2n) is 5.08. The van der Waals surface area contributed by atoms with Gasteiger partial charge in [0.05, 0.1) is 17.7 Å². The molecule has 0 aliphatic heterocycles. The number of para-hydroxylation sites is 2. The third kappa shape index (κ3) is 4.54. The summed E-state index contributed by atoms with van der Waals surface area (Å²) in [5.74, 6) is 0.936. The summed E-state index contributed by atoms with van der Waals surface area (Å²) in [6, 6.07) is 14.8. The number of benzene rings is 2. The second-order valence-corrected chi connectivity index (χ2v) is 5.86. The van der Waals surface area contributed by atoms with Gasteiger partial charge in [-0.25, -0.2) is 0 Å². The van der Waals surface area contributed by atoms with Crippen molar-refractivity contribution < 1.29 is 14.3 Å². The normalized spacial score (nSPS) is 10.3. The number of anilines is 1. The summed E-state index contributed by atoms with van der Waals surface area (Å²) in [7, 11) is 0. The Morgan fingerprint density at radius 2 is 1.80 bits per heavy atom. The van der Waals surface area contributed by atoms with Crippen molar-refractivity contribution in [2.45, 2.75) is 6.92 Å². The first-order valence-corrected chi connectivity index (χ1v) is 8.56. The van der Waals surface area contributed by atoms with Crippen molar-refractivity contribution in [2.75, 3.05) is 18.5 Å². The zero-order valence-corrected chi connectivity index (χ0v) is 14.5. The molecule has 0 aliphatic rings. The number of rotatable bonds is 7. The first-order valence-electron chi connectivity index (χ1n) is 7.78. The summed E-state index contributed by atoms with van der Waals surface area (Å²) in [5, 5.41) is 6.62. The average molecular weight is 355 g/mol. The Kier molecular flexibility index (Phi) is 5.58. The van der Waals surface area contributed by atoms with E-state index >= 15 is 0 Å². The molecule has 0 unspecified atom stereocenters. The number of ether oxygens (including phenoxy) is 2. The van der Waals surface area contributed by atoms with Gasteiger partial charge in [0, 0.05) is 5.69 Å². The van der Waals surface area contributed by atoms with E-state index in [0.717, 1.165) is 10.4 Å². The highest BCUT2D eigenvalue weighted by molar-refractivity contribution is 7.09. The van der Waals surface area contributed by atoms with Gasteiger partial charge in [-0.15, -0.1) is 5.10 Å². The number of carbonyl (C=O) groups is 1. The van der Waals surface area contributed by atoms with Gasteiger partial charge in [-0.3, -0.25) is 4.79 Å².